The predicted octanol–water partition coefficient (Wildman–Crippen LogP) is 5.85. The van der Waals surface area contributed by atoms with Gasteiger partial charge >= 0.3 is 5.97 Å². The van der Waals surface area contributed by atoms with E-state index in [1.54, 1.807) is 36.5 Å². The van der Waals surface area contributed by atoms with E-state index in [2.05, 4.69) is 11.4 Å². The molecule has 6 heteroatoms. The lowest BCUT2D eigenvalue weighted by Gasteiger charge is -2.39. The summed E-state index contributed by atoms with van der Waals surface area (Å²) in [4.78, 5) is 28.0. The van der Waals surface area contributed by atoms with Crippen molar-refractivity contribution < 1.29 is 18.7 Å². The number of Topliss-reactive ketones (excluding diaryl/α,β-unsaturated/α-hetero) is 1. The minimum absolute atomic E-state index is 0.0162. The normalized spacial score (nSPS) is 22.0. The largest absolute Gasteiger partial charge is 0.457 e. The molecule has 4 nitrogen and oxygen atoms in total. The average molecular weight is 474 g/mol. The first-order chi connectivity index (χ1) is 16.5. The maximum atomic E-state index is 15.1. The van der Waals surface area contributed by atoms with Crippen LogP contribution in [0.4, 0.5) is 4.39 Å². The zero-order valence-corrected chi connectivity index (χ0v) is 19.5. The molecule has 0 saturated carbocycles. The van der Waals surface area contributed by atoms with Crippen LogP contribution in [0.25, 0.3) is 0 Å². The molecule has 3 atom stereocenters. The van der Waals surface area contributed by atoms with Crippen LogP contribution in [-0.2, 0) is 20.9 Å². The Morgan fingerprint density at radius 3 is 2.56 bits per heavy atom. The number of allylic oxidation sites excluding steroid dienone is 3. The van der Waals surface area contributed by atoms with Gasteiger partial charge in [0, 0.05) is 34.5 Å². The van der Waals surface area contributed by atoms with Crippen molar-refractivity contribution in [2.24, 2.45) is 5.92 Å². The van der Waals surface area contributed by atoms with Gasteiger partial charge in [-0.15, -0.1) is 11.3 Å². The Morgan fingerprint density at radius 1 is 1.06 bits per heavy atom. The number of ketones is 1. The molecule has 34 heavy (non-hydrogen) atoms. The van der Waals surface area contributed by atoms with E-state index in [1.807, 2.05) is 47.8 Å². The van der Waals surface area contributed by atoms with Gasteiger partial charge in [-0.3, -0.25) is 4.79 Å². The Labute approximate surface area is 201 Å². The number of thiophene rings is 1. The number of carbonyl (C=O) groups excluding carboxylic acids is 2. The highest BCUT2D eigenvalue weighted by atomic mass is 32.1. The zero-order chi connectivity index (χ0) is 23.7. The molecule has 0 radical (unpaired) electrons. The Balaban J connectivity index is 1.55. The van der Waals surface area contributed by atoms with E-state index in [1.165, 1.54) is 6.07 Å². The van der Waals surface area contributed by atoms with E-state index in [0.717, 1.165) is 16.1 Å². The third kappa shape index (κ3) is 4.21. The molecule has 1 aliphatic heterocycles. The van der Waals surface area contributed by atoms with E-state index in [9.17, 15) is 9.59 Å². The van der Waals surface area contributed by atoms with Gasteiger partial charge in [-0.1, -0.05) is 60.7 Å². The van der Waals surface area contributed by atoms with Gasteiger partial charge in [-0.05, 0) is 35.6 Å². The summed E-state index contributed by atoms with van der Waals surface area (Å²) in [5, 5.41) is 5.28. The number of hydrogen-bond donors (Lipinski definition) is 1. The van der Waals surface area contributed by atoms with Crippen LogP contribution in [0.1, 0.15) is 41.2 Å². The first-order valence-electron chi connectivity index (χ1n) is 11.2. The molecule has 0 fully saturated rings. The number of fused-ring (bicyclic) bond motifs is 1. The summed E-state index contributed by atoms with van der Waals surface area (Å²) in [6, 6.07) is 19.7. The molecule has 2 aliphatic rings. The second kappa shape index (κ2) is 9.39. The molecule has 3 aromatic rings. The van der Waals surface area contributed by atoms with Crippen LogP contribution in [0.2, 0.25) is 0 Å². The van der Waals surface area contributed by atoms with Crippen LogP contribution in [-0.4, -0.2) is 11.8 Å². The maximum absolute atomic E-state index is 15.1. The van der Waals surface area contributed by atoms with Crippen LogP contribution in [0, 0.1) is 11.7 Å². The molecule has 172 valence electrons. The second-order valence-electron chi connectivity index (χ2n) is 8.62. The highest BCUT2D eigenvalue weighted by molar-refractivity contribution is 7.10. The fourth-order valence-corrected chi connectivity index (χ4v) is 5.69. The molecular weight excluding hydrogens is 449 g/mol. The summed E-state index contributed by atoms with van der Waals surface area (Å²) in [5.74, 6) is -2.47. The topological polar surface area (TPSA) is 55.4 Å². The molecule has 1 aromatic heterocycles. The van der Waals surface area contributed by atoms with Crippen molar-refractivity contribution in [2.75, 3.05) is 0 Å². The minimum Gasteiger partial charge on any atom is -0.457 e. The monoisotopic (exact) mass is 473 g/mol. The third-order valence-corrected chi connectivity index (χ3v) is 7.45. The molecular formula is C28H24FNO3S. The van der Waals surface area contributed by atoms with Crippen molar-refractivity contribution in [3.63, 3.8) is 0 Å². The molecule has 5 rings (SSSR count). The summed E-state index contributed by atoms with van der Waals surface area (Å²) >= 11 is 1.61. The van der Waals surface area contributed by atoms with Crippen LogP contribution in [0.3, 0.4) is 0 Å². The number of ether oxygens (including phenoxy) is 1. The minimum atomic E-state index is -0.756. The van der Waals surface area contributed by atoms with Crippen LogP contribution >= 0.6 is 11.3 Å². The lowest BCUT2D eigenvalue weighted by atomic mass is 9.69. The highest BCUT2D eigenvalue weighted by Gasteiger charge is 2.45. The van der Waals surface area contributed by atoms with Crippen molar-refractivity contribution >= 4 is 23.1 Å². The average Bonchev–Trinajstić information content (AvgIpc) is 3.38. The molecule has 0 bridgehead atoms. The van der Waals surface area contributed by atoms with Gasteiger partial charge < -0.3 is 10.1 Å². The smallest absolute Gasteiger partial charge is 0.336 e. The van der Waals surface area contributed by atoms with Gasteiger partial charge in [0.1, 0.15) is 18.2 Å². The standard InChI is InChI=1S/C28H24FNO3S/c1-17-25(28(32)33-16-18-8-3-2-4-9-18)26(20-10-5-6-11-21(20)29)27-22(30-17)14-19(15-23(27)31)24-12-7-13-34-24/h2-14,19,26-27,30H,15-16H2,1H3. The van der Waals surface area contributed by atoms with Gasteiger partial charge in [0.2, 0.25) is 0 Å². The summed E-state index contributed by atoms with van der Waals surface area (Å²) in [6.45, 7) is 1.88. The van der Waals surface area contributed by atoms with Gasteiger partial charge in [0.05, 0.1) is 11.5 Å². The molecule has 0 amide bonds. The molecule has 1 aliphatic carbocycles. The molecule has 3 unspecified atom stereocenters. The van der Waals surface area contributed by atoms with E-state index in [4.69, 9.17) is 4.74 Å². The van der Waals surface area contributed by atoms with Crippen LogP contribution < -0.4 is 5.32 Å². The van der Waals surface area contributed by atoms with Gasteiger partial charge in [-0.2, -0.15) is 0 Å². The molecule has 0 spiro atoms. The van der Waals surface area contributed by atoms with Crippen molar-refractivity contribution in [1.29, 1.82) is 0 Å². The number of carbonyl (C=O) groups is 2. The lowest BCUT2D eigenvalue weighted by molar-refractivity contribution is -0.141. The Bertz CT molecular complexity index is 1280. The summed E-state index contributed by atoms with van der Waals surface area (Å²) in [6.07, 6.45) is 2.37. The first-order valence-corrected chi connectivity index (χ1v) is 12.1. The van der Waals surface area contributed by atoms with Gasteiger partial charge in [0.15, 0.2) is 0 Å². The van der Waals surface area contributed by atoms with Crippen molar-refractivity contribution in [3.8, 4) is 0 Å². The fraction of sp³-hybridized carbons (Fsp3) is 0.214. The Kier molecular flexibility index (Phi) is 6.16. The van der Waals surface area contributed by atoms with E-state index < -0.39 is 23.6 Å². The summed E-state index contributed by atoms with van der Waals surface area (Å²) < 4.78 is 20.7. The molecule has 2 heterocycles. The molecule has 2 aromatic carbocycles. The predicted molar refractivity (Wildman–Crippen MR) is 129 cm³/mol. The first kappa shape index (κ1) is 22.3. The number of benzene rings is 2. The number of rotatable bonds is 5. The number of nitrogens with one attached hydrogen (secondary N) is 1. The maximum Gasteiger partial charge on any atom is 0.336 e. The Morgan fingerprint density at radius 2 is 1.82 bits per heavy atom. The highest BCUT2D eigenvalue weighted by Crippen LogP contribution is 2.47. The van der Waals surface area contributed by atoms with Crippen molar-refractivity contribution in [1.82, 2.24) is 5.32 Å². The second-order valence-corrected chi connectivity index (χ2v) is 9.60. The quantitative estimate of drug-likeness (QED) is 0.473. The van der Waals surface area contributed by atoms with E-state index >= 15 is 4.39 Å². The van der Waals surface area contributed by atoms with E-state index in [0.29, 0.717) is 23.3 Å². The Hall–Kier alpha value is -3.51. The van der Waals surface area contributed by atoms with Crippen LogP contribution in [0.15, 0.2) is 95.2 Å². The summed E-state index contributed by atoms with van der Waals surface area (Å²) in [5.41, 5.74) is 2.78. The number of hydrogen-bond acceptors (Lipinski definition) is 5. The zero-order valence-electron chi connectivity index (χ0n) is 18.7. The number of halogens is 1. The fourth-order valence-electron chi connectivity index (χ4n) is 4.89. The third-order valence-electron chi connectivity index (χ3n) is 6.45. The van der Waals surface area contributed by atoms with Gasteiger partial charge in [0.25, 0.3) is 0 Å². The lowest BCUT2D eigenvalue weighted by Crippen LogP contribution is -2.42. The number of esters is 1. The van der Waals surface area contributed by atoms with Crippen molar-refractivity contribution in [3.05, 3.63) is 117 Å². The van der Waals surface area contributed by atoms with Gasteiger partial charge in [-0.25, -0.2) is 9.18 Å². The SMILES string of the molecule is CC1=C(C(=O)OCc2ccccc2)C(c2ccccc2F)C2C(=O)CC(c3cccs3)C=C2N1. The van der Waals surface area contributed by atoms with Crippen molar-refractivity contribution in [2.45, 2.75) is 31.8 Å². The summed E-state index contributed by atoms with van der Waals surface area (Å²) in [7, 11) is 0. The molecule has 1 N–H and O–H groups in total. The molecule has 0 saturated heterocycles. The van der Waals surface area contributed by atoms with E-state index in [-0.39, 0.29) is 18.3 Å². The van der Waals surface area contributed by atoms with Crippen LogP contribution in [0.5, 0.6) is 0 Å².